The van der Waals surface area contributed by atoms with Crippen molar-refractivity contribution in [2.24, 2.45) is 5.73 Å². The summed E-state index contributed by atoms with van der Waals surface area (Å²) in [5, 5.41) is 5.55. The van der Waals surface area contributed by atoms with Crippen LogP contribution in [-0.4, -0.2) is 17.4 Å². The van der Waals surface area contributed by atoms with E-state index in [4.69, 9.17) is 5.73 Å². The molecular formula is C15H23N3O2. The Morgan fingerprint density at radius 2 is 1.45 bits per heavy atom. The van der Waals surface area contributed by atoms with Crippen molar-refractivity contribution in [3.05, 3.63) is 24.3 Å². The number of rotatable bonds is 6. The number of anilines is 2. The highest BCUT2D eigenvalue weighted by Crippen LogP contribution is 2.18. The summed E-state index contributed by atoms with van der Waals surface area (Å²) in [6, 6.07) is 6.99. The minimum absolute atomic E-state index is 0.0419. The molecule has 1 aromatic rings. The minimum Gasteiger partial charge on any atom is -0.326 e. The van der Waals surface area contributed by atoms with Crippen LogP contribution in [0.2, 0.25) is 0 Å². The third-order valence-electron chi connectivity index (χ3n) is 3.46. The Morgan fingerprint density at radius 1 is 1.00 bits per heavy atom. The van der Waals surface area contributed by atoms with Crippen LogP contribution < -0.4 is 16.4 Å². The molecule has 110 valence electrons. The molecule has 0 bridgehead atoms. The number of hydrogen-bond donors (Lipinski definition) is 3. The predicted octanol–water partition coefficient (Wildman–Crippen LogP) is 2.49. The van der Waals surface area contributed by atoms with Crippen LogP contribution >= 0.6 is 0 Å². The first kappa shape index (κ1) is 16.2. The molecule has 0 aromatic heterocycles. The van der Waals surface area contributed by atoms with E-state index in [2.05, 4.69) is 10.6 Å². The Morgan fingerprint density at radius 3 is 1.85 bits per heavy atom. The summed E-state index contributed by atoms with van der Waals surface area (Å²) in [6.45, 7) is 5.58. The Balaban J connectivity index is 2.70. The zero-order valence-corrected chi connectivity index (χ0v) is 12.3. The lowest BCUT2D eigenvalue weighted by Gasteiger charge is -2.25. The molecule has 2 amide bonds. The average molecular weight is 277 g/mol. The van der Waals surface area contributed by atoms with Gasteiger partial charge in [-0.2, -0.15) is 0 Å². The van der Waals surface area contributed by atoms with E-state index < -0.39 is 5.54 Å². The van der Waals surface area contributed by atoms with Gasteiger partial charge in [-0.1, -0.05) is 20.8 Å². The summed E-state index contributed by atoms with van der Waals surface area (Å²) in [5.74, 6) is -0.229. The number of carbonyl (C=O) groups is 2. The standard InChI is InChI=1S/C15H23N3O2/c1-4-13(19)17-11-7-9-12(10-8-11)18-14(20)15(16,5-2)6-3/h7-10H,4-6,16H2,1-3H3,(H,17,19)(H,18,20). The molecule has 0 saturated heterocycles. The second kappa shape index (κ2) is 7.05. The van der Waals surface area contributed by atoms with Crippen molar-refractivity contribution in [3.8, 4) is 0 Å². The molecule has 1 aromatic carbocycles. The van der Waals surface area contributed by atoms with Crippen LogP contribution in [0.1, 0.15) is 40.0 Å². The number of amides is 2. The molecule has 0 saturated carbocycles. The summed E-state index contributed by atoms with van der Waals surface area (Å²) in [7, 11) is 0. The molecule has 5 heteroatoms. The maximum atomic E-state index is 12.1. The monoisotopic (exact) mass is 277 g/mol. The number of nitrogens with one attached hydrogen (secondary N) is 2. The maximum Gasteiger partial charge on any atom is 0.244 e. The molecule has 0 heterocycles. The molecule has 5 nitrogen and oxygen atoms in total. The van der Waals surface area contributed by atoms with Gasteiger partial charge in [0.1, 0.15) is 0 Å². The van der Waals surface area contributed by atoms with Crippen LogP contribution in [0, 0.1) is 0 Å². The summed E-state index contributed by atoms with van der Waals surface area (Å²) in [6.07, 6.45) is 1.60. The highest BCUT2D eigenvalue weighted by molar-refractivity contribution is 5.98. The molecule has 0 spiro atoms. The highest BCUT2D eigenvalue weighted by atomic mass is 16.2. The van der Waals surface area contributed by atoms with Crippen LogP contribution in [-0.2, 0) is 9.59 Å². The molecule has 0 atom stereocenters. The molecule has 20 heavy (non-hydrogen) atoms. The second-order valence-electron chi connectivity index (χ2n) is 4.80. The van der Waals surface area contributed by atoms with Crippen LogP contribution in [0.25, 0.3) is 0 Å². The van der Waals surface area contributed by atoms with Crippen molar-refractivity contribution >= 4 is 23.2 Å². The zero-order chi connectivity index (χ0) is 15.2. The number of benzene rings is 1. The Kier molecular flexibility index (Phi) is 5.70. The third-order valence-corrected chi connectivity index (χ3v) is 3.46. The van der Waals surface area contributed by atoms with Gasteiger partial charge < -0.3 is 16.4 Å². The van der Waals surface area contributed by atoms with Gasteiger partial charge in [-0.25, -0.2) is 0 Å². The third kappa shape index (κ3) is 4.06. The van der Waals surface area contributed by atoms with Crippen LogP contribution in [0.3, 0.4) is 0 Å². The van der Waals surface area contributed by atoms with Crippen molar-refractivity contribution in [2.45, 2.75) is 45.6 Å². The Hall–Kier alpha value is -1.88. The topological polar surface area (TPSA) is 84.2 Å². The first-order valence-corrected chi connectivity index (χ1v) is 6.95. The van der Waals surface area contributed by atoms with Gasteiger partial charge in [0.25, 0.3) is 0 Å². The zero-order valence-electron chi connectivity index (χ0n) is 12.3. The first-order valence-electron chi connectivity index (χ1n) is 6.95. The molecule has 0 aliphatic rings. The average Bonchev–Trinajstić information content (AvgIpc) is 2.48. The van der Waals surface area contributed by atoms with Gasteiger partial charge in [0.2, 0.25) is 11.8 Å². The number of carbonyl (C=O) groups excluding carboxylic acids is 2. The van der Waals surface area contributed by atoms with Crippen LogP contribution in [0.5, 0.6) is 0 Å². The summed E-state index contributed by atoms with van der Waals surface area (Å²) in [5.41, 5.74) is 6.57. The Labute approximate surface area is 119 Å². The van der Waals surface area contributed by atoms with Gasteiger partial charge in [-0.3, -0.25) is 9.59 Å². The van der Waals surface area contributed by atoms with Gasteiger partial charge in [-0.15, -0.1) is 0 Å². The van der Waals surface area contributed by atoms with Gasteiger partial charge >= 0.3 is 0 Å². The van der Waals surface area contributed by atoms with E-state index in [-0.39, 0.29) is 11.8 Å². The summed E-state index contributed by atoms with van der Waals surface area (Å²) < 4.78 is 0. The van der Waals surface area contributed by atoms with E-state index in [0.717, 1.165) is 0 Å². The lowest BCUT2D eigenvalue weighted by molar-refractivity contribution is -0.121. The molecule has 4 N–H and O–H groups in total. The smallest absolute Gasteiger partial charge is 0.244 e. The van der Waals surface area contributed by atoms with E-state index >= 15 is 0 Å². The van der Waals surface area contributed by atoms with E-state index in [1.807, 2.05) is 13.8 Å². The fraction of sp³-hybridized carbons (Fsp3) is 0.467. The van der Waals surface area contributed by atoms with Gasteiger partial charge in [0.15, 0.2) is 0 Å². The highest BCUT2D eigenvalue weighted by Gasteiger charge is 2.29. The fourth-order valence-electron chi connectivity index (χ4n) is 1.71. The van der Waals surface area contributed by atoms with Gasteiger partial charge in [0, 0.05) is 17.8 Å². The van der Waals surface area contributed by atoms with Crippen LogP contribution in [0.4, 0.5) is 11.4 Å². The molecule has 0 fully saturated rings. The van der Waals surface area contributed by atoms with Crippen molar-refractivity contribution < 1.29 is 9.59 Å². The van der Waals surface area contributed by atoms with E-state index in [0.29, 0.717) is 30.6 Å². The van der Waals surface area contributed by atoms with Crippen molar-refractivity contribution in [3.63, 3.8) is 0 Å². The first-order chi connectivity index (χ1) is 9.45. The second-order valence-corrected chi connectivity index (χ2v) is 4.80. The molecule has 0 radical (unpaired) electrons. The van der Waals surface area contributed by atoms with E-state index in [1.54, 1.807) is 31.2 Å². The predicted molar refractivity (Wildman–Crippen MR) is 81.5 cm³/mol. The largest absolute Gasteiger partial charge is 0.326 e. The van der Waals surface area contributed by atoms with Crippen LogP contribution in [0.15, 0.2) is 24.3 Å². The molecular weight excluding hydrogens is 254 g/mol. The fourth-order valence-corrected chi connectivity index (χ4v) is 1.71. The number of hydrogen-bond acceptors (Lipinski definition) is 3. The number of nitrogens with two attached hydrogens (primary N) is 1. The van der Waals surface area contributed by atoms with E-state index in [1.165, 1.54) is 0 Å². The summed E-state index contributed by atoms with van der Waals surface area (Å²) >= 11 is 0. The molecule has 1 rings (SSSR count). The lowest BCUT2D eigenvalue weighted by Crippen LogP contribution is -2.50. The van der Waals surface area contributed by atoms with E-state index in [9.17, 15) is 9.59 Å². The molecule has 0 aliphatic carbocycles. The normalized spacial score (nSPS) is 11.0. The minimum atomic E-state index is -0.838. The van der Waals surface area contributed by atoms with Crippen molar-refractivity contribution in [1.82, 2.24) is 0 Å². The molecule has 0 unspecified atom stereocenters. The molecule has 0 aliphatic heterocycles. The van der Waals surface area contributed by atoms with Crippen molar-refractivity contribution in [1.29, 1.82) is 0 Å². The van der Waals surface area contributed by atoms with Gasteiger partial charge in [0.05, 0.1) is 5.54 Å². The summed E-state index contributed by atoms with van der Waals surface area (Å²) in [4.78, 5) is 23.4. The quantitative estimate of drug-likeness (QED) is 0.747. The van der Waals surface area contributed by atoms with Crippen molar-refractivity contribution in [2.75, 3.05) is 10.6 Å². The van der Waals surface area contributed by atoms with Gasteiger partial charge in [-0.05, 0) is 37.1 Å². The lowest BCUT2D eigenvalue weighted by atomic mass is 9.93. The maximum absolute atomic E-state index is 12.1. The SMILES string of the molecule is CCC(=O)Nc1ccc(NC(=O)C(N)(CC)CC)cc1. The Bertz CT molecular complexity index is 465.